The Hall–Kier alpha value is -0.0200. The minimum Gasteiger partial charge on any atom is -0.205 e. The van der Waals surface area contributed by atoms with E-state index in [1.54, 1.807) is 11.3 Å². The van der Waals surface area contributed by atoms with Crippen molar-refractivity contribution < 1.29 is 4.39 Å². The van der Waals surface area contributed by atoms with E-state index in [2.05, 4.69) is 0 Å². The molecule has 0 aliphatic heterocycles. The van der Waals surface area contributed by atoms with Gasteiger partial charge in [-0.2, -0.15) is 0 Å². The van der Waals surface area contributed by atoms with Crippen LogP contribution >= 0.6 is 23.1 Å². The lowest BCUT2D eigenvalue weighted by Crippen LogP contribution is -1.99. The third kappa shape index (κ3) is 1.29. The fourth-order valence-corrected chi connectivity index (χ4v) is 3.57. The summed E-state index contributed by atoms with van der Waals surface area (Å²) < 4.78 is 14.4. The van der Waals surface area contributed by atoms with Gasteiger partial charge in [0, 0.05) is 10.4 Å². The summed E-state index contributed by atoms with van der Waals surface area (Å²) in [5.74, 6) is 0.0715. The Labute approximate surface area is 80.2 Å². The van der Waals surface area contributed by atoms with Crippen molar-refractivity contribution in [1.29, 1.82) is 0 Å². The number of rotatable bonds is 1. The highest BCUT2D eigenvalue weighted by Gasteiger charge is 2.19. The fraction of sp³-hybridized carbons (Fsp3) is 0.556. The summed E-state index contributed by atoms with van der Waals surface area (Å²) in [6, 6.07) is 0. The molecule has 0 spiro atoms. The molecule has 0 N–H and O–H groups in total. The van der Waals surface area contributed by atoms with Crippen LogP contribution in [0.5, 0.6) is 0 Å². The molecular formula is C9H11FS2. The molecule has 0 saturated carbocycles. The molecule has 2 rings (SSSR count). The van der Waals surface area contributed by atoms with Crippen molar-refractivity contribution >= 4 is 23.1 Å². The second-order valence-corrected chi connectivity index (χ2v) is 5.20. The van der Waals surface area contributed by atoms with Gasteiger partial charge in [-0.15, -0.1) is 23.1 Å². The quantitative estimate of drug-likeness (QED) is 0.628. The predicted octanol–water partition coefficient (Wildman–Crippen LogP) is 3.49. The minimum atomic E-state index is 0.0715. The van der Waals surface area contributed by atoms with Crippen LogP contribution in [0.2, 0.25) is 0 Å². The lowest BCUT2D eigenvalue weighted by atomic mass is 9.99. The Morgan fingerprint density at radius 3 is 2.75 bits per heavy atom. The minimum absolute atomic E-state index is 0.0715. The normalized spacial score (nSPS) is 16.2. The number of hydrogen-bond acceptors (Lipinski definition) is 2. The fourth-order valence-electron chi connectivity index (χ4n) is 1.63. The van der Waals surface area contributed by atoms with Crippen LogP contribution in [0.4, 0.5) is 4.39 Å². The second-order valence-electron chi connectivity index (χ2n) is 3.02. The lowest BCUT2D eigenvalue weighted by Gasteiger charge is -2.08. The van der Waals surface area contributed by atoms with Crippen molar-refractivity contribution in [3.63, 3.8) is 0 Å². The molecule has 0 atom stereocenters. The highest BCUT2D eigenvalue weighted by Crippen LogP contribution is 2.37. The van der Waals surface area contributed by atoms with E-state index < -0.39 is 0 Å². The van der Waals surface area contributed by atoms with E-state index in [1.807, 2.05) is 6.26 Å². The van der Waals surface area contributed by atoms with Gasteiger partial charge in [0.25, 0.3) is 0 Å². The number of thioether (sulfide) groups is 1. The van der Waals surface area contributed by atoms with Crippen LogP contribution in [0.25, 0.3) is 0 Å². The molecule has 3 heteroatoms. The maximum Gasteiger partial charge on any atom is 0.151 e. The highest BCUT2D eigenvalue weighted by molar-refractivity contribution is 8.00. The number of fused-ring (bicyclic) bond motifs is 1. The summed E-state index contributed by atoms with van der Waals surface area (Å²) in [6.07, 6.45) is 6.39. The average molecular weight is 202 g/mol. The molecule has 66 valence electrons. The van der Waals surface area contributed by atoms with Gasteiger partial charge >= 0.3 is 0 Å². The summed E-state index contributed by atoms with van der Waals surface area (Å²) in [6.45, 7) is 0. The zero-order valence-electron chi connectivity index (χ0n) is 7.02. The molecular weight excluding hydrogens is 191 g/mol. The SMILES string of the molecule is CSc1sc2c(c1F)CCCC2. The first-order chi connectivity index (χ1) is 5.83. The zero-order valence-corrected chi connectivity index (χ0v) is 8.66. The van der Waals surface area contributed by atoms with Crippen molar-refractivity contribution in [1.82, 2.24) is 0 Å². The van der Waals surface area contributed by atoms with Gasteiger partial charge in [0.15, 0.2) is 5.82 Å². The van der Waals surface area contributed by atoms with E-state index in [-0.39, 0.29) is 5.82 Å². The summed E-state index contributed by atoms with van der Waals surface area (Å²) in [5.41, 5.74) is 1.01. The summed E-state index contributed by atoms with van der Waals surface area (Å²) in [7, 11) is 0. The molecule has 0 radical (unpaired) electrons. The number of halogens is 1. The molecule has 0 aromatic carbocycles. The van der Waals surface area contributed by atoms with Gasteiger partial charge in [0.05, 0.1) is 4.21 Å². The zero-order chi connectivity index (χ0) is 8.55. The topological polar surface area (TPSA) is 0 Å². The van der Waals surface area contributed by atoms with E-state index in [0.717, 1.165) is 29.0 Å². The van der Waals surface area contributed by atoms with Crippen LogP contribution in [0.1, 0.15) is 23.3 Å². The summed E-state index contributed by atoms with van der Waals surface area (Å²) >= 11 is 3.18. The average Bonchev–Trinajstić information content (AvgIpc) is 2.44. The van der Waals surface area contributed by atoms with E-state index in [9.17, 15) is 4.39 Å². The molecule has 0 nitrogen and oxygen atoms in total. The van der Waals surface area contributed by atoms with Crippen LogP contribution < -0.4 is 0 Å². The van der Waals surface area contributed by atoms with Crippen molar-refractivity contribution in [2.24, 2.45) is 0 Å². The van der Waals surface area contributed by atoms with Crippen LogP contribution in [-0.2, 0) is 12.8 Å². The highest BCUT2D eigenvalue weighted by atomic mass is 32.2. The Bertz CT molecular complexity index is 291. The lowest BCUT2D eigenvalue weighted by molar-refractivity contribution is 0.575. The van der Waals surface area contributed by atoms with E-state index in [0.29, 0.717) is 0 Å². The van der Waals surface area contributed by atoms with Gasteiger partial charge in [-0.05, 0) is 31.9 Å². The Morgan fingerprint density at radius 1 is 1.33 bits per heavy atom. The Morgan fingerprint density at radius 2 is 2.08 bits per heavy atom. The molecule has 0 saturated heterocycles. The molecule has 1 aliphatic rings. The van der Waals surface area contributed by atoms with Gasteiger partial charge < -0.3 is 0 Å². The smallest absolute Gasteiger partial charge is 0.151 e. The van der Waals surface area contributed by atoms with Gasteiger partial charge in [0.2, 0.25) is 0 Å². The van der Waals surface area contributed by atoms with Crippen LogP contribution in [0, 0.1) is 5.82 Å². The first-order valence-electron chi connectivity index (χ1n) is 4.17. The maximum absolute atomic E-state index is 13.5. The molecule has 0 amide bonds. The first kappa shape index (κ1) is 8.57. The molecule has 1 aliphatic carbocycles. The van der Waals surface area contributed by atoms with Crippen LogP contribution in [0.15, 0.2) is 4.21 Å². The van der Waals surface area contributed by atoms with E-state index in [1.165, 1.54) is 23.1 Å². The third-order valence-electron chi connectivity index (χ3n) is 2.26. The van der Waals surface area contributed by atoms with Gasteiger partial charge in [-0.1, -0.05) is 0 Å². The second kappa shape index (κ2) is 3.38. The van der Waals surface area contributed by atoms with Gasteiger partial charge in [-0.25, -0.2) is 4.39 Å². The number of thiophene rings is 1. The van der Waals surface area contributed by atoms with Crippen molar-refractivity contribution in [2.75, 3.05) is 6.26 Å². The van der Waals surface area contributed by atoms with Crippen molar-refractivity contribution in [2.45, 2.75) is 29.9 Å². The predicted molar refractivity (Wildman–Crippen MR) is 52.7 cm³/mol. The summed E-state index contributed by atoms with van der Waals surface area (Å²) in [5, 5.41) is 0. The maximum atomic E-state index is 13.5. The summed E-state index contributed by atoms with van der Waals surface area (Å²) in [4.78, 5) is 1.29. The van der Waals surface area contributed by atoms with Crippen molar-refractivity contribution in [3.05, 3.63) is 16.3 Å². The number of hydrogen-bond donors (Lipinski definition) is 0. The molecule has 0 unspecified atom stereocenters. The molecule has 0 bridgehead atoms. The Kier molecular flexibility index (Phi) is 2.42. The number of aryl methyl sites for hydroxylation is 1. The van der Waals surface area contributed by atoms with E-state index >= 15 is 0 Å². The molecule has 1 aromatic rings. The van der Waals surface area contributed by atoms with E-state index in [4.69, 9.17) is 0 Å². The first-order valence-corrected chi connectivity index (χ1v) is 6.21. The van der Waals surface area contributed by atoms with Crippen molar-refractivity contribution in [3.8, 4) is 0 Å². The van der Waals surface area contributed by atoms with Gasteiger partial charge in [-0.3, -0.25) is 0 Å². The molecule has 0 fully saturated rings. The third-order valence-corrected chi connectivity index (χ3v) is 4.62. The van der Waals surface area contributed by atoms with Gasteiger partial charge in [0.1, 0.15) is 0 Å². The van der Waals surface area contributed by atoms with Crippen LogP contribution in [0.3, 0.4) is 0 Å². The molecule has 1 heterocycles. The molecule has 1 aromatic heterocycles. The van der Waals surface area contributed by atoms with Crippen LogP contribution in [-0.4, -0.2) is 6.26 Å². The standard InChI is InChI=1S/C9H11FS2/c1-11-9-8(10)6-4-2-3-5-7(6)12-9/h2-5H2,1H3. The largest absolute Gasteiger partial charge is 0.205 e. The Balaban J connectivity index is 2.44. The molecule has 12 heavy (non-hydrogen) atoms. The monoisotopic (exact) mass is 202 g/mol.